The maximum atomic E-state index is 5.37. The topological polar surface area (TPSA) is 52.0 Å². The fourth-order valence-electron chi connectivity index (χ4n) is 1.87. The second-order valence-electron chi connectivity index (χ2n) is 3.64. The summed E-state index contributed by atoms with van der Waals surface area (Å²) in [5.74, 6) is 0.601. The van der Waals surface area contributed by atoms with Crippen LogP contribution < -0.4 is 5.32 Å². The van der Waals surface area contributed by atoms with E-state index in [1.165, 1.54) is 0 Å². The molecule has 2 atom stereocenters. The van der Waals surface area contributed by atoms with Crippen LogP contribution in [-0.2, 0) is 11.3 Å². The van der Waals surface area contributed by atoms with Gasteiger partial charge in [0.2, 0.25) is 0 Å². The third kappa shape index (κ3) is 2.10. The Morgan fingerprint density at radius 1 is 1.71 bits per heavy atom. The molecule has 2 heterocycles. The molecule has 0 aliphatic carbocycles. The van der Waals surface area contributed by atoms with E-state index in [0.29, 0.717) is 12.0 Å². The van der Waals surface area contributed by atoms with Crippen molar-refractivity contribution in [3.05, 3.63) is 12.7 Å². The lowest BCUT2D eigenvalue weighted by molar-refractivity contribution is 0.174. The SMILES string of the molecule is CNC(Cn1cncn1)C1CCOC1. The van der Waals surface area contributed by atoms with Gasteiger partial charge in [-0.15, -0.1) is 0 Å². The molecule has 14 heavy (non-hydrogen) atoms. The van der Waals surface area contributed by atoms with Crippen molar-refractivity contribution >= 4 is 0 Å². The van der Waals surface area contributed by atoms with E-state index in [0.717, 1.165) is 26.2 Å². The Bertz CT molecular complexity index is 256. The Morgan fingerprint density at radius 3 is 3.21 bits per heavy atom. The first-order valence-corrected chi connectivity index (χ1v) is 4.97. The molecule has 0 radical (unpaired) electrons. The van der Waals surface area contributed by atoms with E-state index in [4.69, 9.17) is 4.74 Å². The van der Waals surface area contributed by atoms with Crippen molar-refractivity contribution in [1.29, 1.82) is 0 Å². The van der Waals surface area contributed by atoms with E-state index in [-0.39, 0.29) is 0 Å². The zero-order valence-electron chi connectivity index (χ0n) is 8.39. The maximum Gasteiger partial charge on any atom is 0.137 e. The molecule has 0 aromatic carbocycles. The van der Waals surface area contributed by atoms with E-state index in [9.17, 15) is 0 Å². The Morgan fingerprint density at radius 2 is 2.64 bits per heavy atom. The highest BCUT2D eigenvalue weighted by Crippen LogP contribution is 2.17. The third-order valence-electron chi connectivity index (χ3n) is 2.76. The predicted molar refractivity (Wildman–Crippen MR) is 51.8 cm³/mol. The van der Waals surface area contributed by atoms with Gasteiger partial charge in [0.1, 0.15) is 12.7 Å². The van der Waals surface area contributed by atoms with Crippen LogP contribution in [0.5, 0.6) is 0 Å². The van der Waals surface area contributed by atoms with Crippen LogP contribution in [-0.4, -0.2) is 41.1 Å². The van der Waals surface area contributed by atoms with E-state index < -0.39 is 0 Å². The number of hydrogen-bond acceptors (Lipinski definition) is 4. The van der Waals surface area contributed by atoms with Gasteiger partial charge in [0.05, 0.1) is 13.2 Å². The first-order valence-electron chi connectivity index (χ1n) is 4.97. The van der Waals surface area contributed by atoms with E-state index in [1.807, 2.05) is 11.7 Å². The predicted octanol–water partition coefficient (Wildman–Crippen LogP) is -0.0974. The molecule has 5 heteroatoms. The van der Waals surface area contributed by atoms with Crippen molar-refractivity contribution in [2.75, 3.05) is 20.3 Å². The number of nitrogens with zero attached hydrogens (tertiary/aromatic N) is 3. The van der Waals surface area contributed by atoms with Gasteiger partial charge in [-0.1, -0.05) is 0 Å². The summed E-state index contributed by atoms with van der Waals surface area (Å²) in [6.07, 6.45) is 4.46. The molecule has 1 N–H and O–H groups in total. The molecule has 1 aliphatic rings. The molecule has 1 aliphatic heterocycles. The van der Waals surface area contributed by atoms with Gasteiger partial charge >= 0.3 is 0 Å². The van der Waals surface area contributed by atoms with Crippen LogP contribution in [0.15, 0.2) is 12.7 Å². The van der Waals surface area contributed by atoms with Crippen LogP contribution in [0.3, 0.4) is 0 Å². The summed E-state index contributed by atoms with van der Waals surface area (Å²) in [6, 6.07) is 0.430. The fourth-order valence-corrected chi connectivity index (χ4v) is 1.87. The number of aromatic nitrogens is 3. The van der Waals surface area contributed by atoms with E-state index in [2.05, 4.69) is 15.4 Å². The Hall–Kier alpha value is -0.940. The van der Waals surface area contributed by atoms with Gasteiger partial charge in [-0.2, -0.15) is 5.10 Å². The minimum absolute atomic E-state index is 0.430. The number of rotatable bonds is 4. The Labute approximate surface area is 83.5 Å². The molecule has 0 saturated carbocycles. The highest BCUT2D eigenvalue weighted by Gasteiger charge is 2.24. The number of ether oxygens (including phenoxy) is 1. The monoisotopic (exact) mass is 196 g/mol. The Balaban J connectivity index is 1.92. The quantitative estimate of drug-likeness (QED) is 0.731. The van der Waals surface area contributed by atoms with Gasteiger partial charge in [-0.3, -0.25) is 4.68 Å². The number of hydrogen-bond donors (Lipinski definition) is 1. The number of nitrogens with one attached hydrogen (secondary N) is 1. The largest absolute Gasteiger partial charge is 0.381 e. The average molecular weight is 196 g/mol. The van der Waals surface area contributed by atoms with Gasteiger partial charge in [0.25, 0.3) is 0 Å². The standard InChI is InChI=1S/C9H16N4O/c1-10-9(8-2-3-14-5-8)4-13-7-11-6-12-13/h6-10H,2-5H2,1H3. The van der Waals surface area contributed by atoms with Crippen LogP contribution in [0.2, 0.25) is 0 Å². The second kappa shape index (κ2) is 4.52. The Kier molecular flexibility index (Phi) is 3.10. The molecular formula is C9H16N4O. The zero-order valence-corrected chi connectivity index (χ0v) is 8.39. The second-order valence-corrected chi connectivity index (χ2v) is 3.64. The van der Waals surface area contributed by atoms with Crippen molar-refractivity contribution in [3.8, 4) is 0 Å². The zero-order chi connectivity index (χ0) is 9.80. The highest BCUT2D eigenvalue weighted by molar-refractivity contribution is 4.78. The molecule has 1 aromatic heterocycles. The van der Waals surface area contributed by atoms with Gasteiger partial charge in [-0.25, -0.2) is 4.98 Å². The van der Waals surface area contributed by atoms with Crippen molar-refractivity contribution in [1.82, 2.24) is 20.1 Å². The molecule has 2 unspecified atom stereocenters. The van der Waals surface area contributed by atoms with Crippen molar-refractivity contribution in [2.24, 2.45) is 5.92 Å². The summed E-state index contributed by atoms with van der Waals surface area (Å²) in [7, 11) is 1.99. The van der Waals surface area contributed by atoms with Crippen LogP contribution in [0.1, 0.15) is 6.42 Å². The lowest BCUT2D eigenvalue weighted by atomic mass is 9.99. The van der Waals surface area contributed by atoms with Crippen LogP contribution in [0.25, 0.3) is 0 Å². The minimum atomic E-state index is 0.430. The molecule has 0 bridgehead atoms. The third-order valence-corrected chi connectivity index (χ3v) is 2.76. The van der Waals surface area contributed by atoms with Crippen LogP contribution >= 0.6 is 0 Å². The molecule has 0 spiro atoms. The van der Waals surface area contributed by atoms with Crippen LogP contribution in [0.4, 0.5) is 0 Å². The average Bonchev–Trinajstić information content (AvgIpc) is 2.86. The normalized spacial score (nSPS) is 23.9. The molecular weight excluding hydrogens is 180 g/mol. The molecule has 1 aromatic rings. The molecule has 1 fully saturated rings. The summed E-state index contributed by atoms with van der Waals surface area (Å²) >= 11 is 0. The van der Waals surface area contributed by atoms with Gasteiger partial charge in [0, 0.05) is 18.6 Å². The summed E-state index contributed by atoms with van der Waals surface area (Å²) in [5.41, 5.74) is 0. The minimum Gasteiger partial charge on any atom is -0.381 e. The smallest absolute Gasteiger partial charge is 0.137 e. The first kappa shape index (κ1) is 9.61. The fraction of sp³-hybridized carbons (Fsp3) is 0.778. The van der Waals surface area contributed by atoms with Crippen molar-refractivity contribution in [3.63, 3.8) is 0 Å². The van der Waals surface area contributed by atoms with Crippen molar-refractivity contribution < 1.29 is 4.74 Å². The summed E-state index contributed by atoms with van der Waals surface area (Å²) < 4.78 is 7.23. The van der Waals surface area contributed by atoms with E-state index in [1.54, 1.807) is 12.7 Å². The van der Waals surface area contributed by atoms with Gasteiger partial charge in [-0.05, 0) is 13.5 Å². The number of likely N-dealkylation sites (N-methyl/N-ethyl adjacent to an activating group) is 1. The van der Waals surface area contributed by atoms with Gasteiger partial charge < -0.3 is 10.1 Å². The lowest BCUT2D eigenvalue weighted by Gasteiger charge is -2.21. The molecule has 5 nitrogen and oxygen atoms in total. The first-order chi connectivity index (χ1) is 6.90. The lowest BCUT2D eigenvalue weighted by Crippen LogP contribution is -2.37. The van der Waals surface area contributed by atoms with E-state index >= 15 is 0 Å². The molecule has 2 rings (SSSR count). The molecule has 78 valence electrons. The van der Waals surface area contributed by atoms with Crippen LogP contribution in [0, 0.1) is 5.92 Å². The van der Waals surface area contributed by atoms with Gasteiger partial charge in [0.15, 0.2) is 0 Å². The summed E-state index contributed by atoms with van der Waals surface area (Å²) in [6.45, 7) is 2.62. The van der Waals surface area contributed by atoms with Crippen molar-refractivity contribution in [2.45, 2.75) is 19.0 Å². The summed E-state index contributed by atoms with van der Waals surface area (Å²) in [4.78, 5) is 3.93. The molecule has 1 saturated heterocycles. The highest BCUT2D eigenvalue weighted by atomic mass is 16.5. The maximum absolute atomic E-state index is 5.37. The summed E-state index contributed by atoms with van der Waals surface area (Å²) in [5, 5.41) is 7.41. The molecule has 0 amide bonds.